The number of hydrogen-bond donors (Lipinski definition) is 1. The maximum atomic E-state index is 11.9. The summed E-state index contributed by atoms with van der Waals surface area (Å²) in [6, 6.07) is 0. The van der Waals surface area contributed by atoms with Crippen LogP contribution in [0.3, 0.4) is 0 Å². The topological polar surface area (TPSA) is 32.3 Å². The molecule has 0 aromatic rings. The van der Waals surface area contributed by atoms with E-state index in [2.05, 4.69) is 19.2 Å². The van der Waals surface area contributed by atoms with Gasteiger partial charge in [0.1, 0.15) is 0 Å². The molecular weight excluding hydrogens is 176 g/mol. The molecule has 1 aliphatic carbocycles. The third-order valence-corrected chi connectivity index (χ3v) is 3.69. The zero-order chi connectivity index (χ0) is 10.2. The Morgan fingerprint density at radius 2 is 2.07 bits per heavy atom. The SMILES string of the molecule is CCC(CC)CN1CNC2(CC2)C1=O. The number of hydrogen-bond acceptors (Lipinski definition) is 2. The summed E-state index contributed by atoms with van der Waals surface area (Å²) in [5.41, 5.74) is -0.105. The highest BCUT2D eigenvalue weighted by atomic mass is 16.2. The highest BCUT2D eigenvalue weighted by molar-refractivity contribution is 5.91. The van der Waals surface area contributed by atoms with Crippen LogP contribution in [-0.4, -0.2) is 29.6 Å². The van der Waals surface area contributed by atoms with Gasteiger partial charge in [0.25, 0.3) is 0 Å². The zero-order valence-electron chi connectivity index (χ0n) is 9.18. The van der Waals surface area contributed by atoms with E-state index in [1.54, 1.807) is 0 Å². The number of carbonyl (C=O) groups is 1. The molecule has 14 heavy (non-hydrogen) atoms. The van der Waals surface area contributed by atoms with Gasteiger partial charge in [-0.2, -0.15) is 0 Å². The number of amides is 1. The largest absolute Gasteiger partial charge is 0.328 e. The summed E-state index contributed by atoms with van der Waals surface area (Å²) < 4.78 is 0. The van der Waals surface area contributed by atoms with Crippen molar-refractivity contribution in [3.8, 4) is 0 Å². The summed E-state index contributed by atoms with van der Waals surface area (Å²) in [6.07, 6.45) is 4.44. The van der Waals surface area contributed by atoms with Gasteiger partial charge in [-0.15, -0.1) is 0 Å². The average Bonchev–Trinajstić information content (AvgIpc) is 2.92. The molecule has 1 heterocycles. The Morgan fingerprint density at radius 3 is 2.50 bits per heavy atom. The van der Waals surface area contributed by atoms with Crippen molar-refractivity contribution in [2.45, 2.75) is 45.1 Å². The van der Waals surface area contributed by atoms with E-state index in [-0.39, 0.29) is 5.54 Å². The van der Waals surface area contributed by atoms with Crippen LogP contribution in [0.4, 0.5) is 0 Å². The number of carbonyl (C=O) groups excluding carboxylic acids is 1. The first-order chi connectivity index (χ1) is 6.72. The van der Waals surface area contributed by atoms with E-state index in [9.17, 15) is 4.79 Å². The fourth-order valence-corrected chi connectivity index (χ4v) is 2.22. The summed E-state index contributed by atoms with van der Waals surface area (Å²) in [5, 5.41) is 3.34. The predicted molar refractivity (Wildman–Crippen MR) is 55.8 cm³/mol. The van der Waals surface area contributed by atoms with Crippen molar-refractivity contribution in [2.24, 2.45) is 5.92 Å². The van der Waals surface area contributed by atoms with Gasteiger partial charge < -0.3 is 4.90 Å². The van der Waals surface area contributed by atoms with Crippen LogP contribution in [0.15, 0.2) is 0 Å². The van der Waals surface area contributed by atoms with E-state index >= 15 is 0 Å². The standard InChI is InChI=1S/C11H20N2O/c1-3-9(4-2)7-13-8-12-11(5-6-11)10(13)14/h9,12H,3-8H2,1-2H3. The van der Waals surface area contributed by atoms with E-state index in [0.29, 0.717) is 11.8 Å². The van der Waals surface area contributed by atoms with Crippen LogP contribution in [-0.2, 0) is 4.79 Å². The minimum atomic E-state index is -0.105. The maximum Gasteiger partial charge on any atom is 0.243 e. The van der Waals surface area contributed by atoms with Crippen molar-refractivity contribution in [1.29, 1.82) is 0 Å². The van der Waals surface area contributed by atoms with E-state index in [1.165, 1.54) is 12.8 Å². The van der Waals surface area contributed by atoms with Crippen molar-refractivity contribution in [2.75, 3.05) is 13.2 Å². The molecule has 1 saturated carbocycles. The lowest BCUT2D eigenvalue weighted by Crippen LogP contribution is -2.34. The first kappa shape index (κ1) is 9.97. The molecule has 3 heteroatoms. The summed E-state index contributed by atoms with van der Waals surface area (Å²) in [6.45, 7) is 6.12. The molecule has 3 nitrogen and oxygen atoms in total. The Labute approximate surface area is 85.8 Å². The van der Waals surface area contributed by atoms with Gasteiger partial charge in [0.15, 0.2) is 0 Å². The molecule has 80 valence electrons. The molecule has 0 unspecified atom stereocenters. The molecule has 1 aliphatic heterocycles. The molecule has 0 radical (unpaired) electrons. The molecule has 1 spiro atoms. The average molecular weight is 196 g/mol. The van der Waals surface area contributed by atoms with Crippen LogP contribution in [0.5, 0.6) is 0 Å². The Morgan fingerprint density at radius 1 is 1.43 bits per heavy atom. The van der Waals surface area contributed by atoms with Crippen molar-refractivity contribution < 1.29 is 4.79 Å². The molecule has 2 rings (SSSR count). The number of nitrogens with one attached hydrogen (secondary N) is 1. The van der Waals surface area contributed by atoms with Gasteiger partial charge >= 0.3 is 0 Å². The lowest BCUT2D eigenvalue weighted by Gasteiger charge is -2.21. The molecule has 0 bridgehead atoms. The smallest absolute Gasteiger partial charge is 0.243 e. The van der Waals surface area contributed by atoms with Crippen molar-refractivity contribution >= 4 is 5.91 Å². The van der Waals surface area contributed by atoms with Crippen LogP contribution < -0.4 is 5.32 Å². The van der Waals surface area contributed by atoms with Gasteiger partial charge in [-0.1, -0.05) is 26.7 Å². The van der Waals surface area contributed by atoms with Crippen LogP contribution in [0.25, 0.3) is 0 Å². The summed E-state index contributed by atoms with van der Waals surface area (Å²) >= 11 is 0. The lowest BCUT2D eigenvalue weighted by atomic mass is 10.0. The highest BCUT2D eigenvalue weighted by Gasteiger charge is 2.55. The molecule has 0 aromatic heterocycles. The Balaban J connectivity index is 1.90. The zero-order valence-corrected chi connectivity index (χ0v) is 9.18. The van der Waals surface area contributed by atoms with E-state index in [4.69, 9.17) is 0 Å². The number of rotatable bonds is 4. The monoisotopic (exact) mass is 196 g/mol. The van der Waals surface area contributed by atoms with Gasteiger partial charge in [0, 0.05) is 6.54 Å². The highest BCUT2D eigenvalue weighted by Crippen LogP contribution is 2.40. The van der Waals surface area contributed by atoms with Crippen LogP contribution >= 0.6 is 0 Å². The Kier molecular flexibility index (Phi) is 2.52. The molecule has 0 aromatic carbocycles. The molecule has 0 atom stereocenters. The number of nitrogens with zero attached hydrogens (tertiary/aromatic N) is 1. The fraction of sp³-hybridized carbons (Fsp3) is 0.909. The molecular formula is C11H20N2O. The van der Waals surface area contributed by atoms with Crippen LogP contribution in [0.1, 0.15) is 39.5 Å². The molecule has 1 saturated heterocycles. The van der Waals surface area contributed by atoms with Crippen LogP contribution in [0, 0.1) is 5.92 Å². The summed E-state index contributed by atoms with van der Waals surface area (Å²) in [4.78, 5) is 13.9. The second kappa shape index (κ2) is 3.54. The quantitative estimate of drug-likeness (QED) is 0.736. The van der Waals surface area contributed by atoms with E-state index < -0.39 is 0 Å². The molecule has 2 aliphatic rings. The van der Waals surface area contributed by atoms with Gasteiger partial charge in [-0.3, -0.25) is 10.1 Å². The Bertz CT molecular complexity index is 231. The first-order valence-corrected chi connectivity index (χ1v) is 5.76. The van der Waals surface area contributed by atoms with Gasteiger partial charge in [0.2, 0.25) is 5.91 Å². The second-order valence-corrected chi connectivity index (χ2v) is 4.63. The molecule has 1 N–H and O–H groups in total. The summed E-state index contributed by atoms with van der Waals surface area (Å²) in [7, 11) is 0. The molecule has 1 amide bonds. The van der Waals surface area contributed by atoms with Crippen molar-refractivity contribution in [3.63, 3.8) is 0 Å². The minimum Gasteiger partial charge on any atom is -0.328 e. The van der Waals surface area contributed by atoms with Gasteiger partial charge in [-0.25, -0.2) is 0 Å². The first-order valence-electron chi connectivity index (χ1n) is 5.76. The minimum absolute atomic E-state index is 0.105. The van der Waals surface area contributed by atoms with Gasteiger partial charge in [0.05, 0.1) is 12.2 Å². The van der Waals surface area contributed by atoms with E-state index in [1.807, 2.05) is 4.90 Å². The van der Waals surface area contributed by atoms with E-state index in [0.717, 1.165) is 26.1 Å². The predicted octanol–water partition coefficient (Wildman–Crippen LogP) is 1.34. The van der Waals surface area contributed by atoms with Crippen LogP contribution in [0.2, 0.25) is 0 Å². The second-order valence-electron chi connectivity index (χ2n) is 4.63. The maximum absolute atomic E-state index is 11.9. The van der Waals surface area contributed by atoms with Crippen molar-refractivity contribution in [3.05, 3.63) is 0 Å². The lowest BCUT2D eigenvalue weighted by molar-refractivity contribution is -0.130. The third kappa shape index (κ3) is 1.54. The molecule has 2 fully saturated rings. The summed E-state index contributed by atoms with van der Waals surface area (Å²) in [5.74, 6) is 1.03. The normalized spacial score (nSPS) is 23.9. The van der Waals surface area contributed by atoms with Gasteiger partial charge in [-0.05, 0) is 18.8 Å². The third-order valence-electron chi connectivity index (χ3n) is 3.69. The Hall–Kier alpha value is -0.570. The van der Waals surface area contributed by atoms with Crippen molar-refractivity contribution in [1.82, 2.24) is 10.2 Å². The fourth-order valence-electron chi connectivity index (χ4n) is 2.22.